The van der Waals surface area contributed by atoms with E-state index >= 15 is 0 Å². The van der Waals surface area contributed by atoms with E-state index in [1.54, 1.807) is 6.92 Å². The maximum atomic E-state index is 5.53. The molecule has 2 heterocycles. The topological polar surface area (TPSA) is 82.5 Å². The van der Waals surface area contributed by atoms with Gasteiger partial charge in [0.05, 0.1) is 0 Å². The van der Waals surface area contributed by atoms with Gasteiger partial charge in [0.2, 0.25) is 11.8 Å². The van der Waals surface area contributed by atoms with Crippen molar-refractivity contribution >= 4 is 0 Å². The molecule has 18 heavy (non-hydrogen) atoms. The highest BCUT2D eigenvalue weighted by Crippen LogP contribution is 2.16. The second kappa shape index (κ2) is 4.36. The minimum Gasteiger partial charge on any atom is -0.419 e. The van der Waals surface area contributed by atoms with Gasteiger partial charge in [-0.25, -0.2) is 0 Å². The molecule has 0 amide bonds. The van der Waals surface area contributed by atoms with Crippen molar-refractivity contribution in [3.63, 3.8) is 0 Å². The molecular weight excluding hydrogens is 232 g/mol. The fourth-order valence-electron chi connectivity index (χ4n) is 1.53. The summed E-state index contributed by atoms with van der Waals surface area (Å²) in [5.41, 5.74) is 0.888. The number of hydrogen-bond donors (Lipinski definition) is 0. The number of tetrazole rings is 1. The van der Waals surface area contributed by atoms with Crippen LogP contribution in [0.5, 0.6) is 0 Å². The minimum atomic E-state index is 0.320. The molecule has 0 radical (unpaired) electrons. The molecule has 1 aromatic carbocycles. The molecule has 0 aliphatic heterocycles. The molecule has 3 aromatic rings. The third kappa shape index (κ3) is 2.10. The molecule has 0 spiro atoms. The predicted molar refractivity (Wildman–Crippen MR) is 61.4 cm³/mol. The van der Waals surface area contributed by atoms with Crippen LogP contribution < -0.4 is 0 Å². The zero-order valence-corrected chi connectivity index (χ0v) is 9.69. The molecular formula is C11H10N6O. The van der Waals surface area contributed by atoms with Crippen LogP contribution in [0.1, 0.15) is 11.7 Å². The maximum Gasteiger partial charge on any atom is 0.247 e. The molecule has 0 aliphatic rings. The van der Waals surface area contributed by atoms with Crippen molar-refractivity contribution < 1.29 is 4.42 Å². The van der Waals surface area contributed by atoms with Gasteiger partial charge >= 0.3 is 0 Å². The lowest BCUT2D eigenvalue weighted by Crippen LogP contribution is -2.04. The number of rotatable bonds is 3. The molecule has 0 aliphatic carbocycles. The molecule has 7 heteroatoms. The molecule has 7 nitrogen and oxygen atoms in total. The van der Waals surface area contributed by atoms with Crippen LogP contribution in [-0.4, -0.2) is 30.4 Å². The van der Waals surface area contributed by atoms with Gasteiger partial charge in [-0.1, -0.05) is 18.2 Å². The number of benzene rings is 1. The van der Waals surface area contributed by atoms with E-state index in [1.165, 1.54) is 4.80 Å². The first-order valence-electron chi connectivity index (χ1n) is 5.43. The first-order chi connectivity index (χ1) is 8.81. The Balaban J connectivity index is 1.82. The molecule has 0 saturated carbocycles. The number of aromatic nitrogens is 6. The number of nitrogens with zero attached hydrogens (tertiary/aromatic N) is 6. The first-order valence-corrected chi connectivity index (χ1v) is 5.43. The van der Waals surface area contributed by atoms with Gasteiger partial charge in [0.1, 0.15) is 6.54 Å². The van der Waals surface area contributed by atoms with E-state index in [-0.39, 0.29) is 0 Å². The van der Waals surface area contributed by atoms with E-state index < -0.39 is 0 Å². The van der Waals surface area contributed by atoms with Crippen LogP contribution >= 0.6 is 0 Å². The van der Waals surface area contributed by atoms with Crippen molar-refractivity contribution in [2.24, 2.45) is 0 Å². The lowest BCUT2D eigenvalue weighted by molar-refractivity contribution is 0.446. The summed E-state index contributed by atoms with van der Waals surface area (Å²) in [6.07, 6.45) is 0. The second-order valence-corrected chi connectivity index (χ2v) is 3.73. The van der Waals surface area contributed by atoms with Crippen LogP contribution in [0, 0.1) is 6.92 Å². The van der Waals surface area contributed by atoms with E-state index in [0.717, 1.165) is 5.56 Å². The fraction of sp³-hybridized carbons (Fsp3) is 0.182. The van der Waals surface area contributed by atoms with Crippen molar-refractivity contribution in [1.82, 2.24) is 30.4 Å². The van der Waals surface area contributed by atoms with Gasteiger partial charge in [-0.2, -0.15) is 4.80 Å². The summed E-state index contributed by atoms with van der Waals surface area (Å²) in [6.45, 7) is 2.09. The van der Waals surface area contributed by atoms with Gasteiger partial charge in [0.25, 0.3) is 0 Å². The normalized spacial score (nSPS) is 10.7. The summed E-state index contributed by atoms with van der Waals surface area (Å²) >= 11 is 0. The Morgan fingerprint density at radius 1 is 1.11 bits per heavy atom. The standard InChI is InChI=1S/C11H10N6O/c1-8-12-16-17(15-8)7-10-13-14-11(18-10)9-5-3-2-4-6-9/h2-6H,7H2,1H3. The first kappa shape index (κ1) is 10.6. The third-order valence-corrected chi connectivity index (χ3v) is 2.32. The lowest BCUT2D eigenvalue weighted by Gasteiger charge is -1.93. The molecule has 0 unspecified atom stereocenters. The highest BCUT2D eigenvalue weighted by atomic mass is 16.4. The van der Waals surface area contributed by atoms with Crippen molar-refractivity contribution in [2.45, 2.75) is 13.5 Å². The summed E-state index contributed by atoms with van der Waals surface area (Å²) in [5, 5.41) is 19.6. The fourth-order valence-corrected chi connectivity index (χ4v) is 1.53. The molecule has 0 saturated heterocycles. The molecule has 0 fully saturated rings. The van der Waals surface area contributed by atoms with Crippen molar-refractivity contribution in [3.8, 4) is 11.5 Å². The van der Waals surface area contributed by atoms with Gasteiger partial charge in [0.15, 0.2) is 5.82 Å². The van der Waals surface area contributed by atoms with Gasteiger partial charge in [0, 0.05) is 5.56 Å². The zero-order chi connectivity index (χ0) is 12.4. The summed E-state index contributed by atoms with van der Waals surface area (Å²) in [6, 6.07) is 9.59. The highest BCUT2D eigenvalue weighted by Gasteiger charge is 2.09. The van der Waals surface area contributed by atoms with Gasteiger partial charge in [-0.3, -0.25) is 0 Å². The Bertz CT molecular complexity index is 644. The molecule has 3 rings (SSSR count). The summed E-state index contributed by atoms with van der Waals surface area (Å²) < 4.78 is 5.53. The molecule has 0 bridgehead atoms. The van der Waals surface area contributed by atoms with E-state index in [1.807, 2.05) is 30.3 Å². The Morgan fingerprint density at radius 3 is 2.67 bits per heavy atom. The van der Waals surface area contributed by atoms with Crippen LogP contribution in [0.3, 0.4) is 0 Å². The number of aryl methyl sites for hydroxylation is 1. The second-order valence-electron chi connectivity index (χ2n) is 3.73. The Morgan fingerprint density at radius 2 is 1.94 bits per heavy atom. The van der Waals surface area contributed by atoms with Crippen LogP contribution in [-0.2, 0) is 6.54 Å². The molecule has 90 valence electrons. The van der Waals surface area contributed by atoms with Crippen LogP contribution in [0.4, 0.5) is 0 Å². The maximum absolute atomic E-state index is 5.53. The van der Waals surface area contributed by atoms with Gasteiger partial charge in [-0.15, -0.1) is 20.4 Å². The lowest BCUT2D eigenvalue weighted by atomic mass is 10.2. The van der Waals surface area contributed by atoms with Gasteiger partial charge < -0.3 is 4.42 Å². The quantitative estimate of drug-likeness (QED) is 0.683. The average molecular weight is 242 g/mol. The van der Waals surface area contributed by atoms with Crippen LogP contribution in [0.2, 0.25) is 0 Å². The smallest absolute Gasteiger partial charge is 0.247 e. The van der Waals surface area contributed by atoms with E-state index in [9.17, 15) is 0 Å². The Hall–Kier alpha value is -2.57. The van der Waals surface area contributed by atoms with Gasteiger partial charge in [-0.05, 0) is 24.3 Å². The zero-order valence-electron chi connectivity index (χ0n) is 9.69. The van der Waals surface area contributed by atoms with Crippen LogP contribution in [0.25, 0.3) is 11.5 Å². The van der Waals surface area contributed by atoms with E-state index in [4.69, 9.17) is 4.42 Å². The Kier molecular flexibility index (Phi) is 2.56. The highest BCUT2D eigenvalue weighted by molar-refractivity contribution is 5.51. The van der Waals surface area contributed by atoms with Crippen molar-refractivity contribution in [2.75, 3.05) is 0 Å². The summed E-state index contributed by atoms with van der Waals surface area (Å²) in [5.74, 6) is 1.55. The molecule has 0 atom stereocenters. The summed E-state index contributed by atoms with van der Waals surface area (Å²) in [7, 11) is 0. The third-order valence-electron chi connectivity index (χ3n) is 2.32. The van der Waals surface area contributed by atoms with Crippen molar-refractivity contribution in [3.05, 3.63) is 42.0 Å². The summed E-state index contributed by atoms with van der Waals surface area (Å²) in [4.78, 5) is 1.41. The Labute approximate surface area is 102 Å². The molecule has 0 N–H and O–H groups in total. The van der Waals surface area contributed by atoms with E-state index in [0.29, 0.717) is 24.2 Å². The average Bonchev–Trinajstić information content (AvgIpc) is 3.01. The van der Waals surface area contributed by atoms with E-state index in [2.05, 4.69) is 25.6 Å². The number of hydrogen-bond acceptors (Lipinski definition) is 6. The largest absolute Gasteiger partial charge is 0.419 e. The van der Waals surface area contributed by atoms with Crippen LogP contribution in [0.15, 0.2) is 34.7 Å². The predicted octanol–water partition coefficient (Wildman–Crippen LogP) is 1.08. The minimum absolute atomic E-state index is 0.320. The monoisotopic (exact) mass is 242 g/mol. The SMILES string of the molecule is Cc1nnn(Cc2nnc(-c3ccccc3)o2)n1. The molecule has 2 aromatic heterocycles. The van der Waals surface area contributed by atoms with Crippen molar-refractivity contribution in [1.29, 1.82) is 0 Å².